The largest absolute Gasteiger partial charge is 0.495 e. The lowest BCUT2D eigenvalue weighted by Gasteiger charge is -2.13. The van der Waals surface area contributed by atoms with Crippen molar-refractivity contribution in [2.24, 2.45) is 0 Å². The molecule has 0 heterocycles. The van der Waals surface area contributed by atoms with Crippen LogP contribution in [0.1, 0.15) is 11.1 Å². The van der Waals surface area contributed by atoms with Gasteiger partial charge in [0.1, 0.15) is 5.75 Å². The number of hydrogen-bond acceptors (Lipinski definition) is 2. The van der Waals surface area contributed by atoms with Crippen LogP contribution >= 0.6 is 23.2 Å². The van der Waals surface area contributed by atoms with Gasteiger partial charge in [-0.1, -0.05) is 41.4 Å². The zero-order valence-electron chi connectivity index (χ0n) is 10.8. The highest BCUT2D eigenvalue weighted by molar-refractivity contribution is 6.42. The van der Waals surface area contributed by atoms with Gasteiger partial charge in [-0.3, -0.25) is 0 Å². The molecule has 0 fully saturated rings. The van der Waals surface area contributed by atoms with Gasteiger partial charge in [-0.25, -0.2) is 0 Å². The quantitative estimate of drug-likeness (QED) is 0.864. The van der Waals surface area contributed by atoms with Gasteiger partial charge in [-0.15, -0.1) is 0 Å². The van der Waals surface area contributed by atoms with Crippen molar-refractivity contribution in [3.8, 4) is 5.75 Å². The number of rotatable bonds is 4. The van der Waals surface area contributed by atoms with Crippen molar-refractivity contribution >= 4 is 28.9 Å². The summed E-state index contributed by atoms with van der Waals surface area (Å²) in [4.78, 5) is 0. The second kappa shape index (κ2) is 6.18. The van der Waals surface area contributed by atoms with E-state index in [-0.39, 0.29) is 0 Å². The first-order valence-electron chi connectivity index (χ1n) is 5.93. The Bertz CT molecular complexity index is 584. The maximum absolute atomic E-state index is 6.16. The maximum Gasteiger partial charge on any atom is 0.141 e. The number of anilines is 1. The van der Waals surface area contributed by atoms with Gasteiger partial charge in [-0.2, -0.15) is 0 Å². The van der Waals surface area contributed by atoms with E-state index in [0.717, 1.165) is 17.0 Å². The monoisotopic (exact) mass is 295 g/mol. The summed E-state index contributed by atoms with van der Waals surface area (Å²) in [6.45, 7) is 2.64. The molecule has 0 saturated carbocycles. The minimum Gasteiger partial charge on any atom is -0.495 e. The molecule has 0 radical (unpaired) electrons. The van der Waals surface area contributed by atoms with Gasteiger partial charge >= 0.3 is 0 Å². The number of ether oxygens (including phenoxy) is 1. The molecule has 0 aliphatic rings. The lowest BCUT2D eigenvalue weighted by molar-refractivity contribution is 0.416. The van der Waals surface area contributed by atoms with Gasteiger partial charge < -0.3 is 10.1 Å². The average Bonchev–Trinajstić information content (AvgIpc) is 2.40. The number of hydrogen-bond donors (Lipinski definition) is 1. The molecule has 0 unspecified atom stereocenters. The van der Waals surface area contributed by atoms with Gasteiger partial charge in [0.05, 0.1) is 22.8 Å². The van der Waals surface area contributed by atoms with Gasteiger partial charge in [-0.05, 0) is 36.2 Å². The molecule has 2 aromatic carbocycles. The van der Waals surface area contributed by atoms with Crippen LogP contribution < -0.4 is 10.1 Å². The van der Waals surface area contributed by atoms with Crippen molar-refractivity contribution in [3.63, 3.8) is 0 Å². The van der Waals surface area contributed by atoms with E-state index < -0.39 is 0 Å². The molecular weight excluding hydrogens is 281 g/mol. The Labute approximate surface area is 123 Å². The highest BCUT2D eigenvalue weighted by Crippen LogP contribution is 2.29. The van der Waals surface area contributed by atoms with Crippen LogP contribution in [0.3, 0.4) is 0 Å². The Balaban J connectivity index is 2.18. The van der Waals surface area contributed by atoms with Crippen LogP contribution in [0, 0.1) is 6.92 Å². The fourth-order valence-electron chi connectivity index (χ4n) is 1.84. The second-order valence-electron chi connectivity index (χ2n) is 4.27. The smallest absolute Gasteiger partial charge is 0.141 e. The van der Waals surface area contributed by atoms with Gasteiger partial charge in [0.2, 0.25) is 0 Å². The molecule has 2 nitrogen and oxygen atoms in total. The fraction of sp³-hybridized carbons (Fsp3) is 0.200. The van der Waals surface area contributed by atoms with Crippen LogP contribution in [0.25, 0.3) is 0 Å². The summed E-state index contributed by atoms with van der Waals surface area (Å²) in [6.07, 6.45) is 0. The van der Waals surface area contributed by atoms with Crippen molar-refractivity contribution in [2.45, 2.75) is 13.5 Å². The molecule has 0 aliphatic carbocycles. The molecule has 100 valence electrons. The molecule has 2 rings (SSSR count). The SMILES string of the molecule is COc1ccc(C)cc1NCc1cccc(Cl)c1Cl. The molecule has 0 bridgehead atoms. The van der Waals surface area contributed by atoms with Crippen LogP contribution in [-0.4, -0.2) is 7.11 Å². The lowest BCUT2D eigenvalue weighted by atomic mass is 10.2. The third-order valence-electron chi connectivity index (χ3n) is 2.86. The first-order valence-corrected chi connectivity index (χ1v) is 6.69. The summed E-state index contributed by atoms with van der Waals surface area (Å²) in [7, 11) is 1.65. The molecule has 0 amide bonds. The highest BCUT2D eigenvalue weighted by atomic mass is 35.5. The Morgan fingerprint density at radius 3 is 2.68 bits per heavy atom. The lowest BCUT2D eigenvalue weighted by Crippen LogP contribution is -2.02. The molecule has 0 saturated heterocycles. The molecular formula is C15H15Cl2NO. The van der Waals surface area contributed by atoms with Crippen LogP contribution in [0.2, 0.25) is 10.0 Å². The fourth-order valence-corrected chi connectivity index (χ4v) is 2.22. The van der Waals surface area contributed by atoms with E-state index in [1.165, 1.54) is 5.56 Å². The van der Waals surface area contributed by atoms with E-state index in [9.17, 15) is 0 Å². The first-order chi connectivity index (χ1) is 9.11. The van der Waals surface area contributed by atoms with Crippen molar-refractivity contribution in [1.29, 1.82) is 0 Å². The van der Waals surface area contributed by atoms with Gasteiger partial charge in [0.15, 0.2) is 0 Å². The van der Waals surface area contributed by atoms with Crippen LogP contribution in [0.4, 0.5) is 5.69 Å². The minimum absolute atomic E-state index is 0.567. The third-order valence-corrected chi connectivity index (χ3v) is 3.71. The standard InChI is InChI=1S/C15H15Cl2NO/c1-10-6-7-14(19-2)13(8-10)18-9-11-4-3-5-12(16)15(11)17/h3-8,18H,9H2,1-2H3. The summed E-state index contributed by atoms with van der Waals surface area (Å²) >= 11 is 12.2. The first kappa shape index (κ1) is 14.0. The third kappa shape index (κ3) is 3.34. The van der Waals surface area contributed by atoms with E-state index in [0.29, 0.717) is 16.6 Å². The molecule has 0 atom stereocenters. The molecule has 2 aromatic rings. The molecule has 0 aliphatic heterocycles. The zero-order valence-corrected chi connectivity index (χ0v) is 12.3. The Kier molecular flexibility index (Phi) is 4.56. The summed E-state index contributed by atoms with van der Waals surface area (Å²) in [5.41, 5.74) is 3.07. The van der Waals surface area contributed by atoms with E-state index in [2.05, 4.69) is 5.32 Å². The van der Waals surface area contributed by atoms with E-state index in [1.807, 2.05) is 37.3 Å². The van der Waals surface area contributed by atoms with E-state index in [1.54, 1.807) is 13.2 Å². The number of benzene rings is 2. The van der Waals surface area contributed by atoms with Gasteiger partial charge in [0.25, 0.3) is 0 Å². The van der Waals surface area contributed by atoms with Crippen molar-refractivity contribution in [2.75, 3.05) is 12.4 Å². The van der Waals surface area contributed by atoms with E-state index in [4.69, 9.17) is 27.9 Å². The highest BCUT2D eigenvalue weighted by Gasteiger charge is 2.06. The normalized spacial score (nSPS) is 10.3. The Hall–Kier alpha value is -1.38. The van der Waals surface area contributed by atoms with Crippen LogP contribution in [0.15, 0.2) is 36.4 Å². The van der Waals surface area contributed by atoms with Crippen LogP contribution in [0.5, 0.6) is 5.75 Å². The number of methoxy groups -OCH3 is 1. The maximum atomic E-state index is 6.16. The summed E-state index contributed by atoms with van der Waals surface area (Å²) in [5.74, 6) is 0.809. The molecule has 0 spiro atoms. The molecule has 0 aromatic heterocycles. The minimum atomic E-state index is 0.567. The van der Waals surface area contributed by atoms with E-state index >= 15 is 0 Å². The Morgan fingerprint density at radius 1 is 1.16 bits per heavy atom. The number of aryl methyl sites for hydroxylation is 1. The summed E-state index contributed by atoms with van der Waals surface area (Å²) in [6, 6.07) is 11.6. The summed E-state index contributed by atoms with van der Waals surface area (Å²) in [5, 5.41) is 4.47. The number of nitrogens with one attached hydrogen (secondary N) is 1. The van der Waals surface area contributed by atoms with Crippen LogP contribution in [-0.2, 0) is 6.54 Å². The van der Waals surface area contributed by atoms with Crippen molar-refractivity contribution in [3.05, 3.63) is 57.6 Å². The predicted molar refractivity (Wildman–Crippen MR) is 81.5 cm³/mol. The number of halogens is 2. The van der Waals surface area contributed by atoms with Gasteiger partial charge in [0, 0.05) is 6.54 Å². The predicted octanol–water partition coefficient (Wildman–Crippen LogP) is 4.92. The average molecular weight is 296 g/mol. The second-order valence-corrected chi connectivity index (χ2v) is 5.06. The molecule has 1 N–H and O–H groups in total. The van der Waals surface area contributed by atoms with Crippen molar-refractivity contribution in [1.82, 2.24) is 0 Å². The Morgan fingerprint density at radius 2 is 1.95 bits per heavy atom. The molecule has 4 heteroatoms. The molecule has 19 heavy (non-hydrogen) atoms. The van der Waals surface area contributed by atoms with Crippen molar-refractivity contribution < 1.29 is 4.74 Å². The topological polar surface area (TPSA) is 21.3 Å². The summed E-state index contributed by atoms with van der Waals surface area (Å²) < 4.78 is 5.32. The zero-order chi connectivity index (χ0) is 13.8.